The monoisotopic (exact) mass is 565 g/mol. The van der Waals surface area contributed by atoms with Crippen molar-refractivity contribution >= 4 is 42.6 Å². The second-order valence-electron chi connectivity index (χ2n) is 9.51. The number of amides is 1. The molecule has 3 aromatic carbocycles. The van der Waals surface area contributed by atoms with E-state index in [-0.39, 0.29) is 23.0 Å². The van der Waals surface area contributed by atoms with Gasteiger partial charge in [-0.05, 0) is 62.7 Å². The third kappa shape index (κ3) is 5.84. The van der Waals surface area contributed by atoms with Crippen molar-refractivity contribution in [3.05, 3.63) is 83.9 Å². The van der Waals surface area contributed by atoms with Crippen molar-refractivity contribution in [3.63, 3.8) is 0 Å². The van der Waals surface area contributed by atoms with E-state index in [1.165, 1.54) is 27.8 Å². The highest BCUT2D eigenvalue weighted by Crippen LogP contribution is 2.35. The van der Waals surface area contributed by atoms with E-state index in [9.17, 15) is 13.2 Å². The number of carbonyl (C=O) groups is 1. The highest BCUT2D eigenvalue weighted by atomic mass is 32.2. The number of morpholine rings is 1. The van der Waals surface area contributed by atoms with Crippen LogP contribution in [-0.2, 0) is 21.3 Å². The zero-order valence-corrected chi connectivity index (χ0v) is 23.7. The minimum absolute atomic E-state index is 0.149. The molecule has 1 fully saturated rings. The van der Waals surface area contributed by atoms with Gasteiger partial charge >= 0.3 is 0 Å². The Morgan fingerprint density at radius 1 is 1.03 bits per heavy atom. The Kier molecular flexibility index (Phi) is 7.99. The van der Waals surface area contributed by atoms with E-state index >= 15 is 0 Å². The largest absolute Gasteiger partial charge is 0.492 e. The van der Waals surface area contributed by atoms with Crippen molar-refractivity contribution in [2.45, 2.75) is 44.4 Å². The Hall–Kier alpha value is -3.31. The van der Waals surface area contributed by atoms with Gasteiger partial charge in [-0.2, -0.15) is 4.31 Å². The number of fused-ring (bicyclic) bond motifs is 1. The van der Waals surface area contributed by atoms with Crippen LogP contribution in [0.3, 0.4) is 0 Å². The Balaban J connectivity index is 1.47. The van der Waals surface area contributed by atoms with Crippen molar-refractivity contribution in [1.29, 1.82) is 0 Å². The summed E-state index contributed by atoms with van der Waals surface area (Å²) < 4.78 is 40.4. The maximum Gasteiger partial charge on any atom is 0.260 e. The summed E-state index contributed by atoms with van der Waals surface area (Å²) in [6.45, 7) is 7.05. The lowest BCUT2D eigenvalue weighted by atomic mass is 10.1. The molecule has 8 nitrogen and oxygen atoms in total. The van der Waals surface area contributed by atoms with Gasteiger partial charge in [0.15, 0.2) is 5.13 Å². The zero-order chi connectivity index (χ0) is 27.6. The van der Waals surface area contributed by atoms with E-state index in [4.69, 9.17) is 14.5 Å². The van der Waals surface area contributed by atoms with Gasteiger partial charge in [-0.25, -0.2) is 13.4 Å². The van der Waals surface area contributed by atoms with Crippen molar-refractivity contribution in [2.24, 2.45) is 0 Å². The SMILES string of the molecule is CCOc1cccc2sc(N(Cc3ccccc3)C(=O)c3ccc(S(=O)(=O)N4CC(C)OC(C)C4)cc3)nc12. The molecule has 0 saturated carbocycles. The number of hydrogen-bond donors (Lipinski definition) is 0. The number of sulfonamides is 1. The molecule has 1 saturated heterocycles. The first-order chi connectivity index (χ1) is 18.8. The summed E-state index contributed by atoms with van der Waals surface area (Å²) >= 11 is 1.41. The number of hydrogen-bond acceptors (Lipinski definition) is 7. The average molecular weight is 566 g/mol. The molecule has 0 aliphatic carbocycles. The molecule has 4 aromatic rings. The molecule has 204 valence electrons. The van der Waals surface area contributed by atoms with Gasteiger partial charge in [-0.3, -0.25) is 9.69 Å². The van der Waals surface area contributed by atoms with Crippen LogP contribution in [0.4, 0.5) is 5.13 Å². The van der Waals surface area contributed by atoms with E-state index in [2.05, 4.69) is 0 Å². The van der Waals surface area contributed by atoms with E-state index < -0.39 is 10.0 Å². The third-order valence-electron chi connectivity index (χ3n) is 6.46. The predicted molar refractivity (Wildman–Crippen MR) is 153 cm³/mol. The number of aromatic nitrogens is 1. The van der Waals surface area contributed by atoms with Crippen molar-refractivity contribution < 1.29 is 22.7 Å². The number of para-hydroxylation sites is 1. The summed E-state index contributed by atoms with van der Waals surface area (Å²) in [6, 6.07) is 21.6. The van der Waals surface area contributed by atoms with Gasteiger partial charge in [-0.15, -0.1) is 0 Å². The number of ether oxygens (including phenoxy) is 2. The van der Waals surface area contributed by atoms with Crippen LogP contribution in [0, 0.1) is 0 Å². The smallest absolute Gasteiger partial charge is 0.260 e. The maximum atomic E-state index is 13.9. The van der Waals surface area contributed by atoms with Crippen molar-refractivity contribution in [1.82, 2.24) is 9.29 Å². The zero-order valence-electron chi connectivity index (χ0n) is 22.1. The fourth-order valence-electron chi connectivity index (χ4n) is 4.69. The van der Waals surface area contributed by atoms with Gasteiger partial charge in [0, 0.05) is 18.7 Å². The van der Waals surface area contributed by atoms with Crippen LogP contribution in [-0.4, -0.2) is 55.5 Å². The number of rotatable bonds is 8. The number of benzene rings is 3. The molecule has 1 aliphatic rings. The average Bonchev–Trinajstić information content (AvgIpc) is 3.37. The van der Waals surface area contributed by atoms with Crippen molar-refractivity contribution in [3.8, 4) is 5.75 Å². The summed E-state index contributed by atoms with van der Waals surface area (Å²) in [4.78, 5) is 20.4. The van der Waals surface area contributed by atoms with Gasteiger partial charge in [-0.1, -0.05) is 47.7 Å². The molecule has 2 unspecified atom stereocenters. The Bertz CT molecular complexity index is 1550. The van der Waals surface area contributed by atoms with Crippen molar-refractivity contribution in [2.75, 3.05) is 24.6 Å². The van der Waals surface area contributed by atoms with Crippen LogP contribution in [0.2, 0.25) is 0 Å². The van der Waals surface area contributed by atoms with Gasteiger partial charge in [0.25, 0.3) is 5.91 Å². The summed E-state index contributed by atoms with van der Waals surface area (Å²) in [7, 11) is -3.71. The molecule has 1 amide bonds. The van der Waals surface area contributed by atoms with Gasteiger partial charge in [0.2, 0.25) is 10.0 Å². The van der Waals surface area contributed by atoms with Crippen LogP contribution in [0.25, 0.3) is 10.2 Å². The van der Waals surface area contributed by atoms with Crippen LogP contribution >= 0.6 is 11.3 Å². The Morgan fingerprint density at radius 3 is 2.38 bits per heavy atom. The highest BCUT2D eigenvalue weighted by Gasteiger charge is 2.32. The third-order valence-corrected chi connectivity index (χ3v) is 9.34. The topological polar surface area (TPSA) is 89.0 Å². The first kappa shape index (κ1) is 27.3. The second-order valence-corrected chi connectivity index (χ2v) is 12.5. The van der Waals surface area contributed by atoms with E-state index in [1.807, 2.05) is 69.3 Å². The fraction of sp³-hybridized carbons (Fsp3) is 0.310. The predicted octanol–water partition coefficient (Wildman–Crippen LogP) is 5.34. The summed E-state index contributed by atoms with van der Waals surface area (Å²) in [5.74, 6) is 0.402. The number of thiazole rings is 1. The molecule has 0 radical (unpaired) electrons. The first-order valence-corrected chi connectivity index (χ1v) is 15.2. The molecule has 39 heavy (non-hydrogen) atoms. The lowest BCUT2D eigenvalue weighted by Crippen LogP contribution is -2.48. The minimum atomic E-state index is -3.71. The maximum absolute atomic E-state index is 13.9. The van der Waals surface area contributed by atoms with Gasteiger partial charge < -0.3 is 9.47 Å². The molecule has 1 aliphatic heterocycles. The van der Waals surface area contributed by atoms with E-state index in [0.717, 1.165) is 10.3 Å². The molecular formula is C29H31N3O5S2. The molecule has 2 heterocycles. The molecule has 0 spiro atoms. The molecule has 5 rings (SSSR count). The fourth-order valence-corrected chi connectivity index (χ4v) is 7.26. The van der Waals surface area contributed by atoms with Crippen LogP contribution in [0.5, 0.6) is 5.75 Å². The van der Waals surface area contributed by atoms with Gasteiger partial charge in [0.1, 0.15) is 11.3 Å². The van der Waals surface area contributed by atoms with Gasteiger partial charge in [0.05, 0.1) is 35.0 Å². The highest BCUT2D eigenvalue weighted by molar-refractivity contribution is 7.89. The molecular weight excluding hydrogens is 534 g/mol. The lowest BCUT2D eigenvalue weighted by molar-refractivity contribution is -0.0440. The molecule has 0 bridgehead atoms. The van der Waals surface area contributed by atoms with Crippen LogP contribution < -0.4 is 9.64 Å². The number of carbonyl (C=O) groups excluding carboxylic acids is 1. The lowest BCUT2D eigenvalue weighted by Gasteiger charge is -2.34. The normalized spacial score (nSPS) is 18.2. The Morgan fingerprint density at radius 2 is 1.72 bits per heavy atom. The summed E-state index contributed by atoms with van der Waals surface area (Å²) in [5.41, 5.74) is 2.03. The van der Waals surface area contributed by atoms with Crippen LogP contribution in [0.15, 0.2) is 77.7 Å². The molecule has 2 atom stereocenters. The van der Waals surface area contributed by atoms with E-state index in [0.29, 0.717) is 48.2 Å². The number of anilines is 1. The first-order valence-electron chi connectivity index (χ1n) is 12.9. The quantitative estimate of drug-likeness (QED) is 0.287. The summed E-state index contributed by atoms with van der Waals surface area (Å²) in [6.07, 6.45) is -0.374. The molecule has 0 N–H and O–H groups in total. The van der Waals surface area contributed by atoms with Crippen LogP contribution in [0.1, 0.15) is 36.7 Å². The second kappa shape index (κ2) is 11.4. The molecule has 1 aromatic heterocycles. The number of nitrogens with zero attached hydrogens (tertiary/aromatic N) is 3. The molecule has 10 heteroatoms. The minimum Gasteiger partial charge on any atom is -0.492 e. The summed E-state index contributed by atoms with van der Waals surface area (Å²) in [5, 5.41) is 0.541. The van der Waals surface area contributed by atoms with E-state index in [1.54, 1.807) is 17.0 Å². The standard InChI is InChI=1S/C29H31N3O5S2/c1-4-36-25-11-8-12-26-27(25)30-29(38-26)32(19-22-9-6-5-7-10-22)28(33)23-13-15-24(16-14-23)39(34,35)31-17-20(2)37-21(3)18-31/h5-16,20-21H,4,17-19H2,1-3H3. The Labute approximate surface area is 232 Å².